The Labute approximate surface area is 177 Å². The summed E-state index contributed by atoms with van der Waals surface area (Å²) in [6.07, 6.45) is 5.51. The average Bonchev–Trinajstić information content (AvgIpc) is 3.42. The lowest BCUT2D eigenvalue weighted by molar-refractivity contribution is 0.0949. The third-order valence-corrected chi connectivity index (χ3v) is 5.91. The van der Waals surface area contributed by atoms with Gasteiger partial charge in [0.2, 0.25) is 0 Å². The molecule has 1 atom stereocenters. The number of imidazole rings is 1. The molecule has 0 saturated heterocycles. The van der Waals surface area contributed by atoms with E-state index in [0.29, 0.717) is 6.54 Å². The first-order chi connectivity index (χ1) is 14.4. The van der Waals surface area contributed by atoms with Gasteiger partial charge in [0.15, 0.2) is 4.96 Å². The van der Waals surface area contributed by atoms with Gasteiger partial charge in [-0.1, -0.05) is 0 Å². The summed E-state index contributed by atoms with van der Waals surface area (Å²) < 4.78 is 7.37. The summed E-state index contributed by atoms with van der Waals surface area (Å²) in [6, 6.07) is 7.14. The van der Waals surface area contributed by atoms with Crippen LogP contribution in [0.5, 0.6) is 0 Å². The summed E-state index contributed by atoms with van der Waals surface area (Å²) in [6.45, 7) is 4.83. The molecule has 156 valence electrons. The Morgan fingerprint density at radius 2 is 2.20 bits per heavy atom. The van der Waals surface area contributed by atoms with Gasteiger partial charge in [-0.15, -0.1) is 11.3 Å². The van der Waals surface area contributed by atoms with Crippen LogP contribution >= 0.6 is 11.3 Å². The zero-order valence-electron chi connectivity index (χ0n) is 17.0. The Balaban J connectivity index is 1.38. The van der Waals surface area contributed by atoms with E-state index in [1.54, 1.807) is 29.7 Å². The number of pyridine rings is 1. The van der Waals surface area contributed by atoms with Crippen LogP contribution in [0.2, 0.25) is 0 Å². The molecule has 1 amide bonds. The monoisotopic (exact) mass is 425 g/mol. The highest BCUT2D eigenvalue weighted by atomic mass is 32.1. The molecule has 4 rings (SSSR count). The molecular formula is C21H23N5O3S. The summed E-state index contributed by atoms with van der Waals surface area (Å²) >= 11 is 1.59. The van der Waals surface area contributed by atoms with Crippen molar-refractivity contribution in [1.82, 2.24) is 24.6 Å². The quantitative estimate of drug-likeness (QED) is 0.474. The van der Waals surface area contributed by atoms with Crippen LogP contribution in [0.1, 0.15) is 45.3 Å². The van der Waals surface area contributed by atoms with Gasteiger partial charge in [-0.25, -0.2) is 4.98 Å². The lowest BCUT2D eigenvalue weighted by atomic mass is 10.2. The second-order valence-electron chi connectivity index (χ2n) is 7.28. The summed E-state index contributed by atoms with van der Waals surface area (Å²) in [4.78, 5) is 36.3. The van der Waals surface area contributed by atoms with Crippen LogP contribution in [0.3, 0.4) is 0 Å². The maximum Gasteiger partial charge on any atom is 0.261 e. The molecule has 0 radical (unpaired) electrons. The van der Waals surface area contributed by atoms with E-state index < -0.39 is 11.5 Å². The number of aromatic amines is 1. The highest BCUT2D eigenvalue weighted by Crippen LogP contribution is 2.20. The second kappa shape index (κ2) is 8.29. The number of furan rings is 1. The van der Waals surface area contributed by atoms with Gasteiger partial charge in [0.25, 0.3) is 11.5 Å². The maximum absolute atomic E-state index is 12.5. The zero-order valence-corrected chi connectivity index (χ0v) is 17.8. The van der Waals surface area contributed by atoms with Crippen molar-refractivity contribution in [3.8, 4) is 0 Å². The number of nitrogens with zero attached hydrogens (tertiary/aromatic N) is 3. The number of H-pyrrole nitrogens is 1. The minimum absolute atomic E-state index is 0.0554. The fourth-order valence-corrected chi connectivity index (χ4v) is 4.08. The molecule has 0 aromatic carbocycles. The highest BCUT2D eigenvalue weighted by molar-refractivity contribution is 7.16. The van der Waals surface area contributed by atoms with Gasteiger partial charge >= 0.3 is 0 Å². The van der Waals surface area contributed by atoms with Gasteiger partial charge in [-0.05, 0) is 45.2 Å². The molecule has 0 bridgehead atoms. The summed E-state index contributed by atoms with van der Waals surface area (Å²) in [5.74, 6) is 0.429. The SMILES string of the molecule is Cc1cn2cc(CNC(=O)c3ccc(CN(C)[C@@H](C)c4ccco4)[nH]c3=O)nc2s1. The molecule has 30 heavy (non-hydrogen) atoms. The molecule has 8 nitrogen and oxygen atoms in total. The van der Waals surface area contributed by atoms with Crippen molar-refractivity contribution in [1.29, 1.82) is 0 Å². The van der Waals surface area contributed by atoms with Crippen LogP contribution in [0, 0.1) is 6.92 Å². The van der Waals surface area contributed by atoms with Gasteiger partial charge in [0, 0.05) is 29.5 Å². The topological polar surface area (TPSA) is 95.6 Å². The van der Waals surface area contributed by atoms with Crippen LogP contribution in [-0.4, -0.2) is 32.2 Å². The predicted octanol–water partition coefficient (Wildman–Crippen LogP) is 3.11. The van der Waals surface area contributed by atoms with Crippen LogP contribution in [0.15, 0.2) is 52.1 Å². The maximum atomic E-state index is 12.5. The third kappa shape index (κ3) is 4.22. The minimum atomic E-state index is -0.423. The number of nitrogens with one attached hydrogen (secondary N) is 2. The smallest absolute Gasteiger partial charge is 0.261 e. The lowest BCUT2D eigenvalue weighted by Crippen LogP contribution is -2.30. The molecule has 4 heterocycles. The van der Waals surface area contributed by atoms with Crippen molar-refractivity contribution in [3.05, 3.63) is 80.9 Å². The van der Waals surface area contributed by atoms with Gasteiger partial charge in [-0.2, -0.15) is 0 Å². The fourth-order valence-electron chi connectivity index (χ4n) is 3.25. The van der Waals surface area contributed by atoms with Crippen molar-refractivity contribution in [2.24, 2.45) is 0 Å². The van der Waals surface area contributed by atoms with Gasteiger partial charge in [0.05, 0.1) is 24.5 Å². The Bertz CT molecular complexity index is 1190. The molecular weight excluding hydrogens is 402 g/mol. The van der Waals surface area contributed by atoms with Gasteiger partial charge in [-0.3, -0.25) is 18.9 Å². The summed E-state index contributed by atoms with van der Waals surface area (Å²) in [5.41, 5.74) is 1.14. The molecule has 0 spiro atoms. The van der Waals surface area contributed by atoms with E-state index in [-0.39, 0.29) is 18.2 Å². The predicted molar refractivity (Wildman–Crippen MR) is 115 cm³/mol. The molecule has 0 aliphatic rings. The fraction of sp³-hybridized carbons (Fsp3) is 0.286. The average molecular weight is 426 g/mol. The molecule has 9 heteroatoms. The molecule has 4 aromatic rings. The Morgan fingerprint density at radius 1 is 1.37 bits per heavy atom. The molecule has 0 aliphatic heterocycles. The summed E-state index contributed by atoms with van der Waals surface area (Å²) in [7, 11) is 1.95. The first-order valence-electron chi connectivity index (χ1n) is 9.59. The number of fused-ring (bicyclic) bond motifs is 1. The number of hydrogen-bond donors (Lipinski definition) is 2. The normalized spacial score (nSPS) is 12.5. The van der Waals surface area contributed by atoms with E-state index >= 15 is 0 Å². The van der Waals surface area contributed by atoms with Crippen LogP contribution in [-0.2, 0) is 13.1 Å². The molecule has 2 N–H and O–H groups in total. The van der Waals surface area contributed by atoms with E-state index in [1.807, 2.05) is 49.8 Å². The van der Waals surface area contributed by atoms with Crippen LogP contribution in [0.4, 0.5) is 0 Å². The largest absolute Gasteiger partial charge is 0.468 e. The Kier molecular flexibility index (Phi) is 5.56. The molecule has 0 saturated carbocycles. The number of hydrogen-bond acceptors (Lipinski definition) is 6. The number of carbonyl (C=O) groups excluding carboxylic acids is 1. The van der Waals surface area contributed by atoms with Crippen molar-refractivity contribution in [2.45, 2.75) is 33.0 Å². The second-order valence-corrected chi connectivity index (χ2v) is 8.49. The molecule has 0 fully saturated rings. The number of carbonyl (C=O) groups is 1. The van der Waals surface area contributed by atoms with E-state index in [1.165, 1.54) is 4.88 Å². The van der Waals surface area contributed by atoms with E-state index in [9.17, 15) is 9.59 Å². The van der Waals surface area contributed by atoms with E-state index in [4.69, 9.17) is 4.42 Å². The van der Waals surface area contributed by atoms with Gasteiger partial charge in [0.1, 0.15) is 11.3 Å². The van der Waals surface area contributed by atoms with Crippen molar-refractivity contribution >= 4 is 22.2 Å². The number of rotatable bonds is 7. The van der Waals surface area contributed by atoms with E-state index in [2.05, 4.69) is 20.2 Å². The zero-order chi connectivity index (χ0) is 21.3. The van der Waals surface area contributed by atoms with Crippen molar-refractivity contribution < 1.29 is 9.21 Å². The first-order valence-corrected chi connectivity index (χ1v) is 10.4. The number of aryl methyl sites for hydroxylation is 1. The summed E-state index contributed by atoms with van der Waals surface area (Å²) in [5, 5.41) is 2.77. The van der Waals surface area contributed by atoms with Crippen LogP contribution in [0.25, 0.3) is 4.96 Å². The standard InChI is InChI=1S/C21H23N5O3S/c1-13-10-26-12-16(24-21(26)30-13)9-22-19(27)17-7-6-15(23-20(17)28)11-25(3)14(2)18-5-4-8-29-18/h4-8,10,12,14H,9,11H2,1-3H3,(H,22,27)(H,23,28)/t14-/m0/s1. The van der Waals surface area contributed by atoms with Crippen molar-refractivity contribution in [2.75, 3.05) is 7.05 Å². The Hall–Kier alpha value is -3.17. The first kappa shape index (κ1) is 20.1. The van der Waals surface area contributed by atoms with E-state index in [0.717, 1.165) is 22.1 Å². The molecule has 0 aliphatic carbocycles. The number of aromatic nitrogens is 3. The number of amides is 1. The third-order valence-electron chi connectivity index (χ3n) is 5.00. The van der Waals surface area contributed by atoms with Crippen molar-refractivity contribution in [3.63, 3.8) is 0 Å². The minimum Gasteiger partial charge on any atom is -0.468 e. The molecule has 4 aromatic heterocycles. The molecule has 0 unspecified atom stereocenters. The lowest BCUT2D eigenvalue weighted by Gasteiger charge is -2.22. The Morgan fingerprint density at radius 3 is 2.90 bits per heavy atom. The van der Waals surface area contributed by atoms with Gasteiger partial charge < -0.3 is 14.7 Å². The van der Waals surface area contributed by atoms with Crippen LogP contribution < -0.4 is 10.9 Å². The number of thiazole rings is 1. The highest BCUT2D eigenvalue weighted by Gasteiger charge is 2.16.